The Kier molecular flexibility index (Phi) is 2.48. The maximum Gasteiger partial charge on any atom is 0.176 e. The standard InChI is InChI=1S/C14H16N2O/c1-15-8-14(17)9-5-6-13-11(7-9)10-3-2-4-12(10)16-13/h5-7,15-16H,2-4,8H2,1H3. The van der Waals surface area contributed by atoms with E-state index in [0.29, 0.717) is 6.54 Å². The van der Waals surface area contributed by atoms with Gasteiger partial charge in [-0.1, -0.05) is 0 Å². The smallest absolute Gasteiger partial charge is 0.176 e. The Morgan fingerprint density at radius 3 is 3.12 bits per heavy atom. The van der Waals surface area contributed by atoms with E-state index in [4.69, 9.17) is 0 Å². The normalized spacial score (nSPS) is 14.2. The van der Waals surface area contributed by atoms with Crippen molar-refractivity contribution in [3.63, 3.8) is 0 Å². The summed E-state index contributed by atoms with van der Waals surface area (Å²) in [5.74, 6) is 0.155. The first-order valence-corrected chi connectivity index (χ1v) is 6.11. The summed E-state index contributed by atoms with van der Waals surface area (Å²) >= 11 is 0. The number of hydrogen-bond acceptors (Lipinski definition) is 2. The van der Waals surface area contributed by atoms with Crippen molar-refractivity contribution in [2.75, 3.05) is 13.6 Å². The lowest BCUT2D eigenvalue weighted by Crippen LogP contribution is -2.18. The van der Waals surface area contributed by atoms with Gasteiger partial charge in [-0.15, -0.1) is 0 Å². The van der Waals surface area contributed by atoms with Gasteiger partial charge >= 0.3 is 0 Å². The summed E-state index contributed by atoms with van der Waals surface area (Å²) in [6.45, 7) is 0.401. The fraction of sp³-hybridized carbons (Fsp3) is 0.357. The molecule has 0 atom stereocenters. The molecule has 17 heavy (non-hydrogen) atoms. The van der Waals surface area contributed by atoms with Crippen LogP contribution in [0.15, 0.2) is 18.2 Å². The molecule has 1 aromatic carbocycles. The Hall–Kier alpha value is -1.61. The maximum atomic E-state index is 11.8. The first-order valence-electron chi connectivity index (χ1n) is 6.11. The van der Waals surface area contributed by atoms with E-state index < -0.39 is 0 Å². The molecule has 0 saturated heterocycles. The van der Waals surface area contributed by atoms with Crippen molar-refractivity contribution in [1.82, 2.24) is 10.3 Å². The van der Waals surface area contributed by atoms with Crippen LogP contribution >= 0.6 is 0 Å². The third-order valence-electron chi connectivity index (χ3n) is 3.51. The fourth-order valence-corrected chi connectivity index (χ4v) is 2.68. The first kappa shape index (κ1) is 10.5. The van der Waals surface area contributed by atoms with Crippen LogP contribution in [0.25, 0.3) is 10.9 Å². The lowest BCUT2D eigenvalue weighted by molar-refractivity contribution is 0.0993. The van der Waals surface area contributed by atoms with Gasteiger partial charge in [-0.2, -0.15) is 0 Å². The molecule has 0 aliphatic heterocycles. The molecule has 3 heteroatoms. The van der Waals surface area contributed by atoms with Crippen molar-refractivity contribution in [3.05, 3.63) is 35.0 Å². The molecular formula is C14H16N2O. The second-order valence-electron chi connectivity index (χ2n) is 4.65. The van der Waals surface area contributed by atoms with Gasteiger partial charge in [0, 0.05) is 22.2 Å². The number of aryl methyl sites for hydroxylation is 2. The quantitative estimate of drug-likeness (QED) is 0.790. The maximum absolute atomic E-state index is 11.8. The number of ketones is 1. The second kappa shape index (κ2) is 4.00. The lowest BCUT2D eigenvalue weighted by atomic mass is 10.1. The third kappa shape index (κ3) is 1.67. The van der Waals surface area contributed by atoms with Crippen molar-refractivity contribution in [2.24, 2.45) is 0 Å². The number of nitrogens with one attached hydrogen (secondary N) is 2. The van der Waals surface area contributed by atoms with Gasteiger partial charge in [-0.05, 0) is 50.1 Å². The van der Waals surface area contributed by atoms with E-state index in [0.717, 1.165) is 23.9 Å². The minimum Gasteiger partial charge on any atom is -0.358 e. The number of fused-ring (bicyclic) bond motifs is 3. The largest absolute Gasteiger partial charge is 0.358 e. The van der Waals surface area contributed by atoms with E-state index in [1.807, 2.05) is 18.2 Å². The predicted octanol–water partition coefficient (Wildman–Crippen LogP) is 2.06. The van der Waals surface area contributed by atoms with Crippen molar-refractivity contribution in [1.29, 1.82) is 0 Å². The molecular weight excluding hydrogens is 212 g/mol. The summed E-state index contributed by atoms with van der Waals surface area (Å²) < 4.78 is 0. The molecule has 2 N–H and O–H groups in total. The van der Waals surface area contributed by atoms with Crippen LogP contribution in [0, 0.1) is 0 Å². The Morgan fingerprint density at radius 1 is 1.41 bits per heavy atom. The second-order valence-corrected chi connectivity index (χ2v) is 4.65. The number of carbonyl (C=O) groups is 1. The van der Waals surface area contributed by atoms with E-state index in [-0.39, 0.29) is 5.78 Å². The average Bonchev–Trinajstić information content (AvgIpc) is 2.88. The van der Waals surface area contributed by atoms with Gasteiger partial charge < -0.3 is 10.3 Å². The van der Waals surface area contributed by atoms with E-state index in [9.17, 15) is 4.79 Å². The average molecular weight is 228 g/mol. The van der Waals surface area contributed by atoms with Crippen LogP contribution < -0.4 is 5.32 Å². The van der Waals surface area contributed by atoms with Crippen molar-refractivity contribution < 1.29 is 4.79 Å². The van der Waals surface area contributed by atoms with Crippen LogP contribution in [0.1, 0.15) is 28.0 Å². The highest BCUT2D eigenvalue weighted by Crippen LogP contribution is 2.30. The van der Waals surface area contributed by atoms with Crippen molar-refractivity contribution in [2.45, 2.75) is 19.3 Å². The molecule has 0 saturated carbocycles. The summed E-state index contributed by atoms with van der Waals surface area (Å²) in [5, 5.41) is 4.14. The number of aromatic amines is 1. The molecule has 1 heterocycles. The minimum absolute atomic E-state index is 0.155. The Morgan fingerprint density at radius 2 is 2.29 bits per heavy atom. The number of H-pyrrole nitrogens is 1. The summed E-state index contributed by atoms with van der Waals surface area (Å²) in [4.78, 5) is 15.3. The Bertz CT molecular complexity index is 583. The molecule has 0 fully saturated rings. The van der Waals surface area contributed by atoms with Gasteiger partial charge in [-0.25, -0.2) is 0 Å². The highest BCUT2D eigenvalue weighted by Gasteiger charge is 2.17. The van der Waals surface area contributed by atoms with Crippen LogP contribution in [0.5, 0.6) is 0 Å². The molecule has 1 aliphatic carbocycles. The highest BCUT2D eigenvalue weighted by atomic mass is 16.1. The van der Waals surface area contributed by atoms with Gasteiger partial charge in [0.2, 0.25) is 0 Å². The molecule has 0 radical (unpaired) electrons. The molecule has 2 aromatic rings. The van der Waals surface area contributed by atoms with Crippen LogP contribution in [-0.2, 0) is 12.8 Å². The molecule has 3 nitrogen and oxygen atoms in total. The van der Waals surface area contributed by atoms with E-state index in [1.165, 1.54) is 23.1 Å². The van der Waals surface area contributed by atoms with Gasteiger partial charge in [0.25, 0.3) is 0 Å². The van der Waals surface area contributed by atoms with Crippen molar-refractivity contribution >= 4 is 16.7 Å². The predicted molar refractivity (Wildman–Crippen MR) is 68.6 cm³/mol. The zero-order chi connectivity index (χ0) is 11.8. The van der Waals surface area contributed by atoms with Crippen LogP contribution in [0.4, 0.5) is 0 Å². The minimum atomic E-state index is 0.155. The Balaban J connectivity index is 2.09. The molecule has 3 rings (SSSR count). The van der Waals surface area contributed by atoms with Crippen molar-refractivity contribution in [3.8, 4) is 0 Å². The van der Waals surface area contributed by atoms with Crippen LogP contribution in [0.2, 0.25) is 0 Å². The third-order valence-corrected chi connectivity index (χ3v) is 3.51. The number of Topliss-reactive ketones (excluding diaryl/α,β-unsaturated/α-hetero) is 1. The van der Waals surface area contributed by atoms with Gasteiger partial charge in [0.05, 0.1) is 6.54 Å². The topological polar surface area (TPSA) is 44.9 Å². The first-order chi connectivity index (χ1) is 8.29. The van der Waals surface area contributed by atoms with Gasteiger partial charge in [0.1, 0.15) is 0 Å². The van der Waals surface area contributed by atoms with E-state index >= 15 is 0 Å². The van der Waals surface area contributed by atoms with Gasteiger partial charge in [-0.3, -0.25) is 4.79 Å². The molecule has 0 bridgehead atoms. The molecule has 1 aliphatic rings. The summed E-state index contributed by atoms with van der Waals surface area (Å²) in [5.41, 5.74) is 4.74. The highest BCUT2D eigenvalue weighted by molar-refractivity contribution is 6.01. The molecule has 0 amide bonds. The number of aromatic nitrogens is 1. The SMILES string of the molecule is CNCC(=O)c1ccc2[nH]c3c(c2c1)CCC3. The van der Waals surface area contributed by atoms with Gasteiger partial charge in [0.15, 0.2) is 5.78 Å². The molecule has 88 valence electrons. The number of rotatable bonds is 3. The summed E-state index contributed by atoms with van der Waals surface area (Å²) in [6.07, 6.45) is 3.51. The molecule has 1 aromatic heterocycles. The fourth-order valence-electron chi connectivity index (χ4n) is 2.68. The number of hydrogen-bond donors (Lipinski definition) is 2. The van der Waals surface area contributed by atoms with Crippen LogP contribution in [-0.4, -0.2) is 24.4 Å². The van der Waals surface area contributed by atoms with E-state index in [1.54, 1.807) is 7.05 Å². The number of carbonyl (C=O) groups excluding carboxylic acids is 1. The monoisotopic (exact) mass is 228 g/mol. The summed E-state index contributed by atoms with van der Waals surface area (Å²) in [7, 11) is 1.80. The number of benzene rings is 1. The molecule has 0 spiro atoms. The summed E-state index contributed by atoms with van der Waals surface area (Å²) in [6, 6.07) is 5.97. The van der Waals surface area contributed by atoms with E-state index in [2.05, 4.69) is 10.3 Å². The zero-order valence-corrected chi connectivity index (χ0v) is 9.97. The molecule has 0 unspecified atom stereocenters. The zero-order valence-electron chi connectivity index (χ0n) is 9.97. The number of likely N-dealkylation sites (N-methyl/N-ethyl adjacent to an activating group) is 1. The lowest BCUT2D eigenvalue weighted by Gasteiger charge is -2.01. The van der Waals surface area contributed by atoms with Crippen LogP contribution in [0.3, 0.4) is 0 Å². The Labute approximate surface area is 100 Å².